The highest BCUT2D eigenvalue weighted by Gasteiger charge is 2.31. The molecule has 2 N–H and O–H groups in total. The molecule has 0 unspecified atom stereocenters. The Morgan fingerprint density at radius 1 is 1.21 bits per heavy atom. The van der Waals surface area contributed by atoms with Crippen LogP contribution in [0.1, 0.15) is 34.6 Å². The Morgan fingerprint density at radius 2 is 1.79 bits per heavy atom. The van der Waals surface area contributed by atoms with Gasteiger partial charge in [0.15, 0.2) is 0 Å². The van der Waals surface area contributed by atoms with Crippen molar-refractivity contribution in [1.82, 2.24) is 4.90 Å². The van der Waals surface area contributed by atoms with E-state index in [0.29, 0.717) is 5.75 Å². The number of benzene rings is 1. The third-order valence-corrected chi connectivity index (χ3v) is 4.20. The van der Waals surface area contributed by atoms with Gasteiger partial charge in [0.25, 0.3) is 0 Å². The molecule has 1 aromatic rings. The molecule has 5 nitrogen and oxygen atoms in total. The van der Waals surface area contributed by atoms with Crippen LogP contribution in [0.5, 0.6) is 0 Å². The third kappa shape index (κ3) is 6.93. The highest BCUT2D eigenvalue weighted by Crippen LogP contribution is 2.18. The average Bonchev–Trinajstić information content (AvgIpc) is 2.49. The van der Waals surface area contributed by atoms with Crippen LogP contribution in [0.2, 0.25) is 0 Å². The molecule has 0 aliphatic carbocycles. The Bertz CT molecular complexity index is 541. The summed E-state index contributed by atoms with van der Waals surface area (Å²) in [6, 6.07) is 9.11. The molecule has 6 heteroatoms. The number of thioether (sulfide) groups is 1. The summed E-state index contributed by atoms with van der Waals surface area (Å²) in [5, 5.41) is 0. The van der Waals surface area contributed by atoms with Gasteiger partial charge < -0.3 is 10.5 Å². The molecule has 1 rings (SSSR count). The Kier molecular flexibility index (Phi) is 7.76. The van der Waals surface area contributed by atoms with Crippen molar-refractivity contribution in [1.29, 1.82) is 0 Å². The fraction of sp³-hybridized carbons (Fsp3) is 0.556. The van der Waals surface area contributed by atoms with Gasteiger partial charge in [0.2, 0.25) is 5.91 Å². The molecule has 0 aromatic heterocycles. The SMILES string of the molecule is CC(C)[C@H](N)C(=O)N(CCSc1ccccc1)C(=O)OC(C)(C)C. The number of ether oxygens (including phenoxy) is 1. The Hall–Kier alpha value is -1.53. The van der Waals surface area contributed by atoms with Gasteiger partial charge in [-0.25, -0.2) is 9.69 Å². The fourth-order valence-corrected chi connectivity index (χ4v) is 2.70. The van der Waals surface area contributed by atoms with E-state index in [-0.39, 0.29) is 12.5 Å². The maximum atomic E-state index is 12.5. The number of carbonyl (C=O) groups excluding carboxylic acids is 2. The fourth-order valence-electron chi connectivity index (χ4n) is 1.85. The van der Waals surface area contributed by atoms with Crippen LogP contribution >= 0.6 is 11.8 Å². The Morgan fingerprint density at radius 3 is 2.29 bits per heavy atom. The third-order valence-electron chi connectivity index (χ3n) is 3.21. The molecule has 0 bridgehead atoms. The monoisotopic (exact) mass is 352 g/mol. The smallest absolute Gasteiger partial charge is 0.417 e. The maximum Gasteiger partial charge on any atom is 0.417 e. The summed E-state index contributed by atoms with van der Waals surface area (Å²) in [5.41, 5.74) is 5.28. The van der Waals surface area contributed by atoms with E-state index in [1.54, 1.807) is 32.5 Å². The van der Waals surface area contributed by atoms with Gasteiger partial charge in [-0.05, 0) is 38.8 Å². The molecule has 24 heavy (non-hydrogen) atoms. The summed E-state index contributed by atoms with van der Waals surface area (Å²) in [7, 11) is 0. The van der Waals surface area contributed by atoms with Crippen molar-refractivity contribution in [2.45, 2.75) is 51.2 Å². The lowest BCUT2D eigenvalue weighted by atomic mass is 10.0. The molecule has 0 fully saturated rings. The van der Waals surface area contributed by atoms with Crippen molar-refractivity contribution in [3.8, 4) is 0 Å². The minimum Gasteiger partial charge on any atom is -0.443 e. The van der Waals surface area contributed by atoms with Gasteiger partial charge in [-0.15, -0.1) is 11.8 Å². The first-order chi connectivity index (χ1) is 11.1. The molecule has 1 aromatic carbocycles. The molecule has 0 heterocycles. The minimum atomic E-state index is -0.723. The van der Waals surface area contributed by atoms with Crippen LogP contribution in [-0.4, -0.2) is 40.8 Å². The summed E-state index contributed by atoms with van der Waals surface area (Å²) in [5.74, 6) is 0.136. The topological polar surface area (TPSA) is 72.6 Å². The van der Waals surface area contributed by atoms with Gasteiger partial charge in [0.1, 0.15) is 5.60 Å². The summed E-state index contributed by atoms with van der Waals surface area (Å²) in [4.78, 5) is 27.1. The Labute approximate surface area is 148 Å². The molecule has 0 saturated heterocycles. The van der Waals surface area contributed by atoms with Crippen molar-refractivity contribution in [2.24, 2.45) is 11.7 Å². The standard InChI is InChI=1S/C18H28N2O3S/c1-13(2)15(19)16(21)20(17(22)23-18(3,4)5)11-12-24-14-9-7-6-8-10-14/h6-10,13,15H,11-12,19H2,1-5H3/t15-/m0/s1. The summed E-state index contributed by atoms with van der Waals surface area (Å²) < 4.78 is 5.36. The van der Waals surface area contributed by atoms with E-state index < -0.39 is 23.6 Å². The zero-order valence-corrected chi connectivity index (χ0v) is 15.9. The van der Waals surface area contributed by atoms with Crippen molar-refractivity contribution < 1.29 is 14.3 Å². The van der Waals surface area contributed by atoms with Crippen molar-refractivity contribution >= 4 is 23.8 Å². The zero-order valence-electron chi connectivity index (χ0n) is 15.1. The highest BCUT2D eigenvalue weighted by molar-refractivity contribution is 7.99. The zero-order chi connectivity index (χ0) is 18.3. The van der Waals surface area contributed by atoms with Gasteiger partial charge in [-0.3, -0.25) is 4.79 Å². The normalized spacial score (nSPS) is 12.8. The number of carbonyl (C=O) groups is 2. The van der Waals surface area contributed by atoms with Crippen LogP contribution in [0, 0.1) is 5.92 Å². The number of hydrogen-bond acceptors (Lipinski definition) is 5. The molecule has 1 atom stereocenters. The number of imide groups is 1. The van der Waals surface area contributed by atoms with E-state index >= 15 is 0 Å². The molecular weight excluding hydrogens is 324 g/mol. The van der Waals surface area contributed by atoms with E-state index in [1.165, 1.54) is 0 Å². The molecule has 2 amide bonds. The second-order valence-corrected chi connectivity index (χ2v) is 8.07. The second-order valence-electron chi connectivity index (χ2n) is 6.90. The first kappa shape index (κ1) is 20.5. The van der Waals surface area contributed by atoms with E-state index in [2.05, 4.69) is 0 Å². The molecular formula is C18H28N2O3S. The lowest BCUT2D eigenvalue weighted by molar-refractivity contribution is -0.132. The lowest BCUT2D eigenvalue weighted by Gasteiger charge is -2.28. The highest BCUT2D eigenvalue weighted by atomic mass is 32.2. The van der Waals surface area contributed by atoms with Crippen molar-refractivity contribution in [2.75, 3.05) is 12.3 Å². The second kappa shape index (κ2) is 9.08. The minimum absolute atomic E-state index is 0.0517. The van der Waals surface area contributed by atoms with Crippen LogP contribution < -0.4 is 5.73 Å². The van der Waals surface area contributed by atoms with Crippen LogP contribution in [0.25, 0.3) is 0 Å². The summed E-state index contributed by atoms with van der Waals surface area (Å²) in [6.45, 7) is 9.29. The molecule has 0 spiro atoms. The number of hydrogen-bond donors (Lipinski definition) is 1. The molecule has 0 aliphatic rings. The average molecular weight is 353 g/mol. The Balaban J connectivity index is 2.76. The quantitative estimate of drug-likeness (QED) is 0.793. The predicted molar refractivity (Wildman–Crippen MR) is 97.9 cm³/mol. The number of rotatable bonds is 6. The molecule has 0 saturated carbocycles. The lowest BCUT2D eigenvalue weighted by Crippen LogP contribution is -2.51. The summed E-state index contributed by atoms with van der Waals surface area (Å²) >= 11 is 1.58. The predicted octanol–water partition coefficient (Wildman–Crippen LogP) is 3.53. The first-order valence-corrected chi connectivity index (χ1v) is 9.08. The first-order valence-electron chi connectivity index (χ1n) is 8.09. The van der Waals surface area contributed by atoms with Crippen LogP contribution in [-0.2, 0) is 9.53 Å². The number of nitrogens with zero attached hydrogens (tertiary/aromatic N) is 1. The van der Waals surface area contributed by atoms with Crippen LogP contribution in [0.3, 0.4) is 0 Å². The van der Waals surface area contributed by atoms with E-state index in [9.17, 15) is 9.59 Å². The summed E-state index contributed by atoms with van der Waals surface area (Å²) in [6.07, 6.45) is -0.641. The van der Waals surface area contributed by atoms with Gasteiger partial charge in [0.05, 0.1) is 6.04 Å². The molecule has 0 aliphatic heterocycles. The van der Waals surface area contributed by atoms with Gasteiger partial charge in [-0.2, -0.15) is 0 Å². The van der Waals surface area contributed by atoms with Gasteiger partial charge in [0, 0.05) is 17.2 Å². The maximum absolute atomic E-state index is 12.5. The van der Waals surface area contributed by atoms with Gasteiger partial charge in [-0.1, -0.05) is 32.0 Å². The van der Waals surface area contributed by atoms with Crippen molar-refractivity contribution in [3.63, 3.8) is 0 Å². The van der Waals surface area contributed by atoms with E-state index in [1.807, 2.05) is 44.2 Å². The van der Waals surface area contributed by atoms with Crippen LogP contribution in [0.15, 0.2) is 35.2 Å². The van der Waals surface area contributed by atoms with E-state index in [4.69, 9.17) is 10.5 Å². The number of amides is 2. The van der Waals surface area contributed by atoms with Gasteiger partial charge >= 0.3 is 6.09 Å². The number of nitrogens with two attached hydrogens (primary N) is 1. The van der Waals surface area contributed by atoms with Crippen molar-refractivity contribution in [3.05, 3.63) is 30.3 Å². The van der Waals surface area contributed by atoms with E-state index in [0.717, 1.165) is 9.80 Å². The largest absolute Gasteiger partial charge is 0.443 e. The molecule has 134 valence electrons. The molecule has 0 radical (unpaired) electrons. The van der Waals surface area contributed by atoms with Crippen LogP contribution in [0.4, 0.5) is 4.79 Å².